The SMILES string of the molecule is CCOC(=O)c1csc(CNC(=O)Cc2c(C)nc(CC(C)C)c(CNC(=O)OC(C)(C)C)c2-c2ccc(C)cc2)n1. The van der Waals surface area contributed by atoms with Crippen LogP contribution in [-0.2, 0) is 40.2 Å². The normalized spacial score (nSPS) is 11.4. The number of nitrogens with zero attached hydrogens (tertiary/aromatic N) is 2. The molecular weight excluding hydrogens is 552 g/mol. The van der Waals surface area contributed by atoms with Crippen molar-refractivity contribution in [1.82, 2.24) is 20.6 Å². The minimum absolute atomic E-state index is 0.0829. The van der Waals surface area contributed by atoms with Crippen LogP contribution < -0.4 is 10.6 Å². The zero-order valence-electron chi connectivity index (χ0n) is 25.8. The second-order valence-electron chi connectivity index (χ2n) is 11.6. The topological polar surface area (TPSA) is 120 Å². The van der Waals surface area contributed by atoms with E-state index in [-0.39, 0.29) is 37.7 Å². The molecule has 2 amide bonds. The Labute approximate surface area is 252 Å². The molecule has 9 nitrogen and oxygen atoms in total. The summed E-state index contributed by atoms with van der Waals surface area (Å²) in [7, 11) is 0. The smallest absolute Gasteiger partial charge is 0.407 e. The molecule has 0 saturated heterocycles. The molecule has 0 aliphatic heterocycles. The van der Waals surface area contributed by atoms with Crippen LogP contribution in [0.5, 0.6) is 0 Å². The first kappa shape index (κ1) is 32.7. The molecule has 0 atom stereocenters. The van der Waals surface area contributed by atoms with E-state index in [9.17, 15) is 14.4 Å². The van der Waals surface area contributed by atoms with E-state index in [2.05, 4.69) is 29.5 Å². The molecule has 10 heteroatoms. The fourth-order valence-corrected chi connectivity index (χ4v) is 5.14. The lowest BCUT2D eigenvalue weighted by Crippen LogP contribution is -2.33. The number of carbonyl (C=O) groups is 3. The zero-order chi connectivity index (χ0) is 31.0. The Bertz CT molecular complexity index is 1410. The highest BCUT2D eigenvalue weighted by atomic mass is 32.1. The van der Waals surface area contributed by atoms with Crippen LogP contribution in [0.25, 0.3) is 11.1 Å². The lowest BCUT2D eigenvalue weighted by atomic mass is 9.88. The molecule has 0 saturated carbocycles. The number of aryl methyl sites for hydroxylation is 2. The van der Waals surface area contributed by atoms with Gasteiger partial charge < -0.3 is 20.1 Å². The van der Waals surface area contributed by atoms with Crippen molar-refractivity contribution < 1.29 is 23.9 Å². The summed E-state index contributed by atoms with van der Waals surface area (Å²) in [6, 6.07) is 8.14. The van der Waals surface area contributed by atoms with Gasteiger partial charge >= 0.3 is 12.1 Å². The average molecular weight is 595 g/mol. The number of amides is 2. The largest absolute Gasteiger partial charge is 0.461 e. The Morgan fingerprint density at radius 1 is 0.976 bits per heavy atom. The number of thiazole rings is 1. The third kappa shape index (κ3) is 9.37. The van der Waals surface area contributed by atoms with E-state index in [1.165, 1.54) is 11.3 Å². The summed E-state index contributed by atoms with van der Waals surface area (Å²) in [4.78, 5) is 47.1. The molecule has 0 radical (unpaired) electrons. The van der Waals surface area contributed by atoms with Gasteiger partial charge in [-0.25, -0.2) is 14.6 Å². The summed E-state index contributed by atoms with van der Waals surface area (Å²) in [5.74, 6) is -0.358. The van der Waals surface area contributed by atoms with Crippen LogP contribution in [0.2, 0.25) is 0 Å². The minimum Gasteiger partial charge on any atom is -0.461 e. The first-order valence-corrected chi connectivity index (χ1v) is 15.1. The Morgan fingerprint density at radius 2 is 1.67 bits per heavy atom. The van der Waals surface area contributed by atoms with E-state index in [1.54, 1.807) is 12.3 Å². The number of nitrogens with one attached hydrogen (secondary N) is 2. The van der Waals surface area contributed by atoms with Crippen LogP contribution in [0, 0.1) is 19.8 Å². The van der Waals surface area contributed by atoms with Crippen molar-refractivity contribution in [2.24, 2.45) is 5.92 Å². The number of hydrogen-bond acceptors (Lipinski definition) is 8. The summed E-state index contributed by atoms with van der Waals surface area (Å²) in [5.41, 5.74) is 5.85. The minimum atomic E-state index is -0.631. The molecule has 1 aromatic carbocycles. The van der Waals surface area contributed by atoms with Crippen molar-refractivity contribution in [1.29, 1.82) is 0 Å². The predicted molar refractivity (Wildman–Crippen MR) is 164 cm³/mol. The number of aromatic nitrogens is 2. The first-order valence-electron chi connectivity index (χ1n) is 14.2. The van der Waals surface area contributed by atoms with Gasteiger partial charge in [-0.2, -0.15) is 0 Å². The summed E-state index contributed by atoms with van der Waals surface area (Å²) in [5, 5.41) is 8.07. The first-order chi connectivity index (χ1) is 19.8. The zero-order valence-corrected chi connectivity index (χ0v) is 26.7. The third-order valence-electron chi connectivity index (χ3n) is 6.25. The molecule has 226 valence electrons. The molecule has 0 aliphatic carbocycles. The Balaban J connectivity index is 1.96. The number of ether oxygens (including phenoxy) is 2. The van der Waals surface area contributed by atoms with Crippen LogP contribution in [0.15, 0.2) is 29.6 Å². The number of carbonyl (C=O) groups excluding carboxylic acids is 3. The van der Waals surface area contributed by atoms with Gasteiger partial charge in [-0.3, -0.25) is 9.78 Å². The molecule has 0 bridgehead atoms. The number of benzene rings is 1. The van der Waals surface area contributed by atoms with Crippen molar-refractivity contribution in [3.63, 3.8) is 0 Å². The maximum absolute atomic E-state index is 13.3. The second-order valence-corrected chi connectivity index (χ2v) is 12.5. The van der Waals surface area contributed by atoms with E-state index in [1.807, 2.05) is 58.9 Å². The van der Waals surface area contributed by atoms with Gasteiger partial charge in [0.1, 0.15) is 10.6 Å². The van der Waals surface area contributed by atoms with Gasteiger partial charge in [0.2, 0.25) is 5.91 Å². The summed E-state index contributed by atoms with van der Waals surface area (Å²) in [6.45, 7) is 16.1. The molecule has 3 aromatic rings. The van der Waals surface area contributed by atoms with Crippen LogP contribution in [0.4, 0.5) is 4.79 Å². The number of rotatable bonds is 11. The van der Waals surface area contributed by atoms with Gasteiger partial charge in [-0.1, -0.05) is 43.7 Å². The highest BCUT2D eigenvalue weighted by Gasteiger charge is 2.23. The van der Waals surface area contributed by atoms with E-state index < -0.39 is 17.7 Å². The fourth-order valence-electron chi connectivity index (χ4n) is 4.44. The van der Waals surface area contributed by atoms with Crippen LogP contribution in [-0.4, -0.2) is 40.1 Å². The molecule has 42 heavy (non-hydrogen) atoms. The summed E-state index contributed by atoms with van der Waals surface area (Å²) in [6.07, 6.45) is 0.280. The van der Waals surface area contributed by atoms with E-state index in [0.29, 0.717) is 17.3 Å². The van der Waals surface area contributed by atoms with Crippen molar-refractivity contribution in [2.75, 3.05) is 6.61 Å². The molecule has 2 aromatic heterocycles. The van der Waals surface area contributed by atoms with E-state index >= 15 is 0 Å². The predicted octanol–water partition coefficient (Wildman–Crippen LogP) is 6.08. The maximum atomic E-state index is 13.3. The number of hydrogen-bond donors (Lipinski definition) is 2. The molecule has 0 unspecified atom stereocenters. The quantitative estimate of drug-likeness (QED) is 0.258. The number of esters is 1. The van der Waals surface area contributed by atoms with E-state index in [4.69, 9.17) is 14.5 Å². The van der Waals surface area contributed by atoms with Crippen LogP contribution in [0.3, 0.4) is 0 Å². The lowest BCUT2D eigenvalue weighted by Gasteiger charge is -2.23. The molecule has 0 spiro atoms. The maximum Gasteiger partial charge on any atom is 0.407 e. The lowest BCUT2D eigenvalue weighted by molar-refractivity contribution is -0.120. The molecule has 3 rings (SSSR count). The number of alkyl carbamates (subject to hydrolysis) is 1. The second kappa shape index (κ2) is 14.4. The number of pyridine rings is 1. The standard InChI is InChI=1S/C32H42N4O5S/c1-9-40-30(38)26-18-42-28(36-26)17-33-27(37)15-23-21(5)35-25(14-19(2)3)24(16-34-31(39)41-32(6,7)8)29(23)22-12-10-20(4)11-13-22/h10-13,18-19H,9,14-17H2,1-8H3,(H,33,37)(H,34,39). The molecule has 0 fully saturated rings. The molecular formula is C32H42N4O5S. The van der Waals surface area contributed by atoms with Gasteiger partial charge in [0, 0.05) is 28.9 Å². The summed E-state index contributed by atoms with van der Waals surface area (Å²) < 4.78 is 10.5. The summed E-state index contributed by atoms with van der Waals surface area (Å²) >= 11 is 1.29. The van der Waals surface area contributed by atoms with Gasteiger partial charge in [-0.05, 0) is 70.6 Å². The van der Waals surface area contributed by atoms with Crippen molar-refractivity contribution in [3.05, 3.63) is 68.4 Å². The Kier molecular flexibility index (Phi) is 11.2. The van der Waals surface area contributed by atoms with Crippen LogP contribution >= 0.6 is 11.3 Å². The molecule has 0 aliphatic rings. The van der Waals surface area contributed by atoms with Crippen molar-refractivity contribution in [2.45, 2.75) is 86.9 Å². The monoisotopic (exact) mass is 594 g/mol. The highest BCUT2D eigenvalue weighted by molar-refractivity contribution is 7.09. The van der Waals surface area contributed by atoms with Crippen LogP contribution in [0.1, 0.15) is 85.1 Å². The van der Waals surface area contributed by atoms with Gasteiger partial charge in [0.05, 0.1) is 19.6 Å². The highest BCUT2D eigenvalue weighted by Crippen LogP contribution is 2.33. The van der Waals surface area contributed by atoms with Crippen molar-refractivity contribution in [3.8, 4) is 11.1 Å². The third-order valence-corrected chi connectivity index (χ3v) is 7.10. The molecule has 2 heterocycles. The van der Waals surface area contributed by atoms with Gasteiger partial charge in [0.25, 0.3) is 0 Å². The van der Waals surface area contributed by atoms with Gasteiger partial charge in [-0.15, -0.1) is 11.3 Å². The van der Waals surface area contributed by atoms with Gasteiger partial charge in [0.15, 0.2) is 5.69 Å². The Morgan fingerprint density at radius 3 is 2.29 bits per heavy atom. The van der Waals surface area contributed by atoms with E-state index in [0.717, 1.165) is 39.2 Å². The molecule has 2 N–H and O–H groups in total. The fraction of sp³-hybridized carbons (Fsp3) is 0.469. The van der Waals surface area contributed by atoms with Crippen molar-refractivity contribution >= 4 is 29.3 Å². The Hall–Kier alpha value is -3.79. The average Bonchev–Trinajstić information content (AvgIpc) is 3.37.